The van der Waals surface area contributed by atoms with E-state index < -0.39 is 20.0 Å². The summed E-state index contributed by atoms with van der Waals surface area (Å²) < 4.78 is 56.1. The van der Waals surface area contributed by atoms with Crippen molar-refractivity contribution in [3.63, 3.8) is 0 Å². The minimum atomic E-state index is -3.29. The molecular formula is C20H27N3O5S2. The van der Waals surface area contributed by atoms with Crippen molar-refractivity contribution in [3.8, 4) is 5.75 Å². The zero-order valence-corrected chi connectivity index (χ0v) is 18.9. The predicted molar refractivity (Wildman–Crippen MR) is 119 cm³/mol. The van der Waals surface area contributed by atoms with Crippen molar-refractivity contribution < 1.29 is 21.6 Å². The van der Waals surface area contributed by atoms with Gasteiger partial charge in [-0.1, -0.05) is 6.07 Å². The molecule has 0 fully saturated rings. The van der Waals surface area contributed by atoms with E-state index in [9.17, 15) is 16.8 Å². The molecule has 3 rings (SSSR count). The Bertz CT molecular complexity index is 1100. The van der Waals surface area contributed by atoms with Gasteiger partial charge in [-0.2, -0.15) is 0 Å². The highest BCUT2D eigenvalue weighted by Gasteiger charge is 2.25. The van der Waals surface area contributed by atoms with E-state index >= 15 is 0 Å². The van der Waals surface area contributed by atoms with Gasteiger partial charge in [0.05, 0.1) is 12.5 Å². The summed E-state index contributed by atoms with van der Waals surface area (Å²) in [6.45, 7) is 1.24. The molecule has 30 heavy (non-hydrogen) atoms. The van der Waals surface area contributed by atoms with Crippen LogP contribution >= 0.6 is 0 Å². The van der Waals surface area contributed by atoms with Crippen LogP contribution in [0.25, 0.3) is 0 Å². The quantitative estimate of drug-likeness (QED) is 0.601. The van der Waals surface area contributed by atoms with Crippen molar-refractivity contribution in [2.45, 2.75) is 18.9 Å². The van der Waals surface area contributed by atoms with Crippen LogP contribution in [0.2, 0.25) is 0 Å². The number of hydrogen-bond donors (Lipinski definition) is 2. The molecule has 0 heterocycles. The number of likely N-dealkylation sites (N-methyl/N-ethyl adjacent to an activating group) is 1. The van der Waals surface area contributed by atoms with E-state index in [0.717, 1.165) is 37.5 Å². The number of benzene rings is 2. The van der Waals surface area contributed by atoms with E-state index in [1.807, 2.05) is 12.1 Å². The first-order valence-electron chi connectivity index (χ1n) is 9.49. The minimum absolute atomic E-state index is 0.332. The average molecular weight is 454 g/mol. The molecule has 1 atom stereocenters. The number of ether oxygens (including phenoxy) is 1. The SMILES string of the molecule is CN(CCOc1ccc(NS(C)(=O)=O)cc1)C1Cc2ccc(NS(C)(=O)=O)cc2C1. The second kappa shape index (κ2) is 8.83. The van der Waals surface area contributed by atoms with Crippen LogP contribution in [0.5, 0.6) is 5.75 Å². The van der Waals surface area contributed by atoms with Crippen LogP contribution in [-0.4, -0.2) is 60.5 Å². The summed E-state index contributed by atoms with van der Waals surface area (Å²) in [6, 6.07) is 12.8. The van der Waals surface area contributed by atoms with Crippen molar-refractivity contribution in [2.75, 3.05) is 42.2 Å². The van der Waals surface area contributed by atoms with Gasteiger partial charge in [0.2, 0.25) is 20.0 Å². The lowest BCUT2D eigenvalue weighted by atomic mass is 10.1. The van der Waals surface area contributed by atoms with Crippen LogP contribution < -0.4 is 14.2 Å². The Morgan fingerprint density at radius 2 is 1.47 bits per heavy atom. The molecule has 2 aromatic rings. The van der Waals surface area contributed by atoms with Crippen molar-refractivity contribution in [1.29, 1.82) is 0 Å². The van der Waals surface area contributed by atoms with Crippen LogP contribution in [0.1, 0.15) is 11.1 Å². The predicted octanol–water partition coefficient (Wildman–Crippen LogP) is 1.91. The van der Waals surface area contributed by atoms with E-state index in [4.69, 9.17) is 4.74 Å². The maximum absolute atomic E-state index is 11.4. The summed E-state index contributed by atoms with van der Waals surface area (Å²) in [4.78, 5) is 2.24. The van der Waals surface area contributed by atoms with Gasteiger partial charge in [0.1, 0.15) is 12.4 Å². The maximum Gasteiger partial charge on any atom is 0.229 e. The number of fused-ring (bicyclic) bond motifs is 1. The Hall–Kier alpha value is -2.30. The van der Waals surface area contributed by atoms with E-state index in [1.165, 1.54) is 5.56 Å². The third-order valence-corrected chi connectivity index (χ3v) is 6.13. The van der Waals surface area contributed by atoms with Gasteiger partial charge in [-0.3, -0.25) is 14.3 Å². The number of nitrogens with zero attached hydrogens (tertiary/aromatic N) is 1. The van der Waals surface area contributed by atoms with Crippen LogP contribution in [0.15, 0.2) is 42.5 Å². The highest BCUT2D eigenvalue weighted by Crippen LogP contribution is 2.28. The minimum Gasteiger partial charge on any atom is -0.492 e. The lowest BCUT2D eigenvalue weighted by molar-refractivity contribution is 0.195. The molecule has 164 valence electrons. The monoisotopic (exact) mass is 453 g/mol. The first-order chi connectivity index (χ1) is 14.0. The largest absolute Gasteiger partial charge is 0.492 e. The molecule has 0 aromatic heterocycles. The molecule has 0 saturated carbocycles. The molecule has 0 radical (unpaired) electrons. The molecule has 0 bridgehead atoms. The fourth-order valence-corrected chi connectivity index (χ4v) is 4.63. The Labute approximate surface area is 178 Å². The van der Waals surface area contributed by atoms with E-state index in [-0.39, 0.29) is 0 Å². The zero-order valence-electron chi connectivity index (χ0n) is 17.3. The smallest absolute Gasteiger partial charge is 0.229 e. The lowest BCUT2D eigenvalue weighted by Gasteiger charge is -2.24. The fourth-order valence-electron chi connectivity index (χ4n) is 3.51. The van der Waals surface area contributed by atoms with Gasteiger partial charge in [-0.15, -0.1) is 0 Å². The first-order valence-corrected chi connectivity index (χ1v) is 13.3. The molecule has 1 aliphatic rings. The highest BCUT2D eigenvalue weighted by molar-refractivity contribution is 7.92. The maximum atomic E-state index is 11.4. The summed E-state index contributed by atoms with van der Waals surface area (Å²) in [6.07, 6.45) is 4.03. The number of sulfonamides is 2. The zero-order chi connectivity index (χ0) is 21.9. The van der Waals surface area contributed by atoms with Crippen LogP contribution in [0.4, 0.5) is 11.4 Å². The van der Waals surface area contributed by atoms with Gasteiger partial charge in [-0.05, 0) is 67.4 Å². The lowest BCUT2D eigenvalue weighted by Crippen LogP contribution is -2.35. The third-order valence-electron chi connectivity index (χ3n) is 4.91. The average Bonchev–Trinajstić information content (AvgIpc) is 3.04. The Morgan fingerprint density at radius 3 is 2.10 bits per heavy atom. The van der Waals surface area contributed by atoms with Crippen molar-refractivity contribution in [1.82, 2.24) is 4.90 Å². The Balaban J connectivity index is 1.49. The molecule has 1 unspecified atom stereocenters. The summed E-state index contributed by atoms with van der Waals surface area (Å²) in [5.74, 6) is 0.675. The Morgan fingerprint density at radius 1 is 0.900 bits per heavy atom. The number of nitrogens with one attached hydrogen (secondary N) is 2. The van der Waals surface area contributed by atoms with Crippen LogP contribution in [-0.2, 0) is 32.9 Å². The Kier molecular flexibility index (Phi) is 6.59. The third kappa shape index (κ3) is 6.61. The first kappa shape index (κ1) is 22.4. The molecule has 0 aliphatic heterocycles. The number of anilines is 2. The number of rotatable bonds is 9. The summed E-state index contributed by atoms with van der Waals surface area (Å²) in [5.41, 5.74) is 3.49. The van der Waals surface area contributed by atoms with E-state index in [2.05, 4.69) is 21.4 Å². The second-order valence-electron chi connectivity index (χ2n) is 7.65. The van der Waals surface area contributed by atoms with Gasteiger partial charge in [0.15, 0.2) is 0 Å². The van der Waals surface area contributed by atoms with Gasteiger partial charge >= 0.3 is 0 Å². The molecule has 1 aliphatic carbocycles. The standard InChI is InChI=1S/C20H27N3O5S2/c1-23(10-11-28-20-8-6-17(7-9-20)21-29(2,24)25)19-13-15-4-5-18(12-16(15)14-19)22-30(3,26)27/h4-9,12,19,21-22H,10-11,13-14H2,1-3H3. The van der Waals surface area contributed by atoms with Gasteiger partial charge in [-0.25, -0.2) is 16.8 Å². The van der Waals surface area contributed by atoms with Crippen LogP contribution in [0, 0.1) is 0 Å². The summed E-state index contributed by atoms with van der Waals surface area (Å²) in [7, 11) is -4.53. The van der Waals surface area contributed by atoms with Crippen molar-refractivity contribution >= 4 is 31.4 Å². The van der Waals surface area contributed by atoms with Crippen molar-refractivity contribution in [2.24, 2.45) is 0 Å². The van der Waals surface area contributed by atoms with Crippen molar-refractivity contribution in [3.05, 3.63) is 53.6 Å². The molecule has 8 nitrogen and oxygen atoms in total. The molecule has 10 heteroatoms. The summed E-state index contributed by atoms with van der Waals surface area (Å²) in [5, 5.41) is 0. The van der Waals surface area contributed by atoms with Gasteiger partial charge in [0.25, 0.3) is 0 Å². The van der Waals surface area contributed by atoms with Crippen LogP contribution in [0.3, 0.4) is 0 Å². The molecular weight excluding hydrogens is 426 g/mol. The normalized spacial score (nSPS) is 16.3. The molecule has 0 amide bonds. The molecule has 0 spiro atoms. The van der Waals surface area contributed by atoms with E-state index in [1.54, 1.807) is 30.3 Å². The van der Waals surface area contributed by atoms with Gasteiger partial charge in [0, 0.05) is 24.0 Å². The molecule has 2 N–H and O–H groups in total. The molecule has 0 saturated heterocycles. The van der Waals surface area contributed by atoms with E-state index in [0.29, 0.717) is 29.8 Å². The van der Waals surface area contributed by atoms with Gasteiger partial charge < -0.3 is 4.74 Å². The fraction of sp³-hybridized carbons (Fsp3) is 0.400. The second-order valence-corrected chi connectivity index (χ2v) is 11.1. The highest BCUT2D eigenvalue weighted by atomic mass is 32.2. The summed E-state index contributed by atoms with van der Waals surface area (Å²) >= 11 is 0. The molecule has 2 aromatic carbocycles. The topological polar surface area (TPSA) is 105 Å². The number of hydrogen-bond acceptors (Lipinski definition) is 6.